The fourth-order valence-corrected chi connectivity index (χ4v) is 1.35. The van der Waals surface area contributed by atoms with Crippen LogP contribution in [0.25, 0.3) is 0 Å². The summed E-state index contributed by atoms with van der Waals surface area (Å²) >= 11 is 0. The molecule has 1 unspecified atom stereocenters. The molecule has 0 saturated heterocycles. The Morgan fingerprint density at radius 3 is 2.38 bits per heavy atom. The molecule has 1 aromatic rings. The summed E-state index contributed by atoms with van der Waals surface area (Å²) in [5.41, 5.74) is -1.75. The molecule has 16 heavy (non-hydrogen) atoms. The number of hydrogen-bond donors (Lipinski definition) is 1. The number of benzene rings is 1. The highest BCUT2D eigenvalue weighted by molar-refractivity contribution is 5.21. The second-order valence-corrected chi connectivity index (χ2v) is 4.78. The minimum Gasteiger partial charge on any atom is -0.388 e. The predicted molar refractivity (Wildman–Crippen MR) is 60.1 cm³/mol. The van der Waals surface area contributed by atoms with E-state index in [9.17, 15) is 9.50 Å². The molecule has 1 N–H and O–H groups in total. The maximum absolute atomic E-state index is 13.4. The monoisotopic (exact) mass is 221 g/mol. The molecule has 86 valence electrons. The molecular weight excluding hydrogens is 205 g/mol. The van der Waals surface area contributed by atoms with Gasteiger partial charge in [0.2, 0.25) is 0 Å². The van der Waals surface area contributed by atoms with Gasteiger partial charge in [0.05, 0.1) is 17.1 Å². The smallest absolute Gasteiger partial charge is 0.126 e. The van der Waals surface area contributed by atoms with Gasteiger partial charge in [0, 0.05) is 6.42 Å². The summed E-state index contributed by atoms with van der Waals surface area (Å²) in [5.74, 6) is -0.350. The molecule has 0 bridgehead atoms. The van der Waals surface area contributed by atoms with Gasteiger partial charge in [0.25, 0.3) is 0 Å². The van der Waals surface area contributed by atoms with Crippen LogP contribution in [0.5, 0.6) is 0 Å². The summed E-state index contributed by atoms with van der Waals surface area (Å²) in [4.78, 5) is 0. The van der Waals surface area contributed by atoms with E-state index in [4.69, 9.17) is 5.26 Å². The molecule has 0 aromatic heterocycles. The van der Waals surface area contributed by atoms with Gasteiger partial charge in [0.1, 0.15) is 5.82 Å². The van der Waals surface area contributed by atoms with Crippen LogP contribution in [0.3, 0.4) is 0 Å². The van der Waals surface area contributed by atoms with Crippen molar-refractivity contribution in [2.45, 2.75) is 32.8 Å². The van der Waals surface area contributed by atoms with Crippen LogP contribution in [0.2, 0.25) is 0 Å². The minimum absolute atomic E-state index is 0.125. The lowest BCUT2D eigenvalue weighted by Gasteiger charge is -2.34. The largest absolute Gasteiger partial charge is 0.388 e. The van der Waals surface area contributed by atoms with Gasteiger partial charge < -0.3 is 5.11 Å². The van der Waals surface area contributed by atoms with Crippen LogP contribution in [0.4, 0.5) is 4.39 Å². The normalized spacial score (nSPS) is 15.2. The molecule has 0 saturated carbocycles. The van der Waals surface area contributed by atoms with Crippen molar-refractivity contribution >= 4 is 0 Å². The van der Waals surface area contributed by atoms with Crippen molar-refractivity contribution < 1.29 is 9.50 Å². The standard InChI is InChI=1S/C13H16FNO/c1-12(2,9-15)13(3,16)8-10-6-4-5-7-11(10)14/h4-7,16H,8H2,1-3H3. The van der Waals surface area contributed by atoms with Crippen molar-refractivity contribution in [2.24, 2.45) is 5.41 Å². The van der Waals surface area contributed by atoms with Gasteiger partial charge in [-0.2, -0.15) is 5.26 Å². The van der Waals surface area contributed by atoms with Gasteiger partial charge in [-0.1, -0.05) is 18.2 Å². The summed E-state index contributed by atoms with van der Waals surface area (Å²) in [6.07, 6.45) is 0.125. The maximum atomic E-state index is 13.4. The van der Waals surface area contributed by atoms with E-state index in [2.05, 4.69) is 0 Å². The highest BCUT2D eigenvalue weighted by Gasteiger charge is 2.40. The molecule has 0 amide bonds. The number of rotatable bonds is 3. The molecule has 0 radical (unpaired) electrons. The average Bonchev–Trinajstić information content (AvgIpc) is 2.21. The van der Waals surface area contributed by atoms with Gasteiger partial charge >= 0.3 is 0 Å². The number of halogens is 1. The van der Waals surface area contributed by atoms with E-state index in [0.29, 0.717) is 5.56 Å². The zero-order chi connectivity index (χ0) is 12.4. The molecule has 0 aliphatic rings. The van der Waals surface area contributed by atoms with Gasteiger partial charge in [-0.25, -0.2) is 4.39 Å². The molecule has 2 nitrogen and oxygen atoms in total. The molecule has 0 heterocycles. The number of nitrogens with zero attached hydrogens (tertiary/aromatic N) is 1. The molecule has 0 aliphatic heterocycles. The van der Waals surface area contributed by atoms with E-state index in [-0.39, 0.29) is 12.2 Å². The average molecular weight is 221 g/mol. The zero-order valence-electron chi connectivity index (χ0n) is 9.79. The zero-order valence-corrected chi connectivity index (χ0v) is 9.79. The lowest BCUT2D eigenvalue weighted by atomic mass is 9.74. The maximum Gasteiger partial charge on any atom is 0.126 e. The first-order chi connectivity index (χ1) is 7.30. The summed E-state index contributed by atoms with van der Waals surface area (Å²) < 4.78 is 13.4. The number of hydrogen-bond acceptors (Lipinski definition) is 2. The van der Waals surface area contributed by atoms with E-state index < -0.39 is 11.0 Å². The minimum atomic E-state index is -1.26. The first kappa shape index (κ1) is 12.7. The van der Waals surface area contributed by atoms with E-state index in [1.165, 1.54) is 6.07 Å². The van der Waals surface area contributed by atoms with Crippen molar-refractivity contribution in [3.05, 3.63) is 35.6 Å². The Kier molecular flexibility index (Phi) is 3.35. The van der Waals surface area contributed by atoms with Crippen LogP contribution in [-0.2, 0) is 6.42 Å². The van der Waals surface area contributed by atoms with Crippen molar-refractivity contribution in [2.75, 3.05) is 0 Å². The second-order valence-electron chi connectivity index (χ2n) is 4.78. The Labute approximate surface area is 95.3 Å². The highest BCUT2D eigenvalue weighted by atomic mass is 19.1. The highest BCUT2D eigenvalue weighted by Crippen LogP contribution is 2.33. The van der Waals surface area contributed by atoms with Crippen LogP contribution in [-0.4, -0.2) is 10.7 Å². The molecule has 0 aliphatic carbocycles. The third kappa shape index (κ3) is 2.40. The van der Waals surface area contributed by atoms with Crippen LogP contribution in [0.15, 0.2) is 24.3 Å². The Balaban J connectivity index is 2.99. The Hall–Kier alpha value is -1.40. The lowest BCUT2D eigenvalue weighted by Crippen LogP contribution is -2.43. The SMILES string of the molecule is CC(C)(C#N)C(C)(O)Cc1ccccc1F. The predicted octanol–water partition coefficient (Wildman–Crippen LogP) is 2.67. The van der Waals surface area contributed by atoms with Crippen LogP contribution in [0, 0.1) is 22.6 Å². The van der Waals surface area contributed by atoms with E-state index in [1.54, 1.807) is 39.0 Å². The number of aliphatic hydroxyl groups is 1. The molecule has 1 aromatic carbocycles. The first-order valence-corrected chi connectivity index (χ1v) is 5.17. The molecule has 1 rings (SSSR count). The van der Waals surface area contributed by atoms with Crippen molar-refractivity contribution in [3.63, 3.8) is 0 Å². The third-order valence-electron chi connectivity index (χ3n) is 3.12. The molecule has 1 atom stereocenters. The van der Waals surface area contributed by atoms with E-state index in [0.717, 1.165) is 0 Å². The second kappa shape index (κ2) is 4.23. The van der Waals surface area contributed by atoms with Gasteiger partial charge in [-0.3, -0.25) is 0 Å². The molecular formula is C13H16FNO. The van der Waals surface area contributed by atoms with E-state index >= 15 is 0 Å². The van der Waals surface area contributed by atoms with E-state index in [1.807, 2.05) is 6.07 Å². The summed E-state index contributed by atoms with van der Waals surface area (Å²) in [6, 6.07) is 8.34. The Morgan fingerprint density at radius 1 is 1.31 bits per heavy atom. The fourth-order valence-electron chi connectivity index (χ4n) is 1.35. The molecule has 0 spiro atoms. The summed E-state index contributed by atoms with van der Waals surface area (Å²) in [5, 5.41) is 19.2. The fraction of sp³-hybridized carbons (Fsp3) is 0.462. The van der Waals surface area contributed by atoms with Gasteiger partial charge in [0.15, 0.2) is 0 Å². The van der Waals surface area contributed by atoms with Gasteiger partial charge in [-0.05, 0) is 32.4 Å². The van der Waals surface area contributed by atoms with Crippen LogP contribution < -0.4 is 0 Å². The van der Waals surface area contributed by atoms with Crippen molar-refractivity contribution in [3.8, 4) is 6.07 Å². The molecule has 0 fully saturated rings. The topological polar surface area (TPSA) is 44.0 Å². The van der Waals surface area contributed by atoms with Crippen LogP contribution in [0.1, 0.15) is 26.3 Å². The summed E-state index contributed by atoms with van der Waals surface area (Å²) in [6.45, 7) is 4.85. The van der Waals surface area contributed by atoms with Gasteiger partial charge in [-0.15, -0.1) is 0 Å². The molecule has 3 heteroatoms. The first-order valence-electron chi connectivity index (χ1n) is 5.17. The summed E-state index contributed by atoms with van der Waals surface area (Å²) in [7, 11) is 0. The number of nitriles is 1. The Bertz CT molecular complexity index is 418. The van der Waals surface area contributed by atoms with Crippen LogP contribution >= 0.6 is 0 Å². The quantitative estimate of drug-likeness (QED) is 0.852. The van der Waals surface area contributed by atoms with Crippen molar-refractivity contribution in [1.29, 1.82) is 5.26 Å². The van der Waals surface area contributed by atoms with Crippen molar-refractivity contribution in [1.82, 2.24) is 0 Å². The lowest BCUT2D eigenvalue weighted by molar-refractivity contribution is -0.0213. The Morgan fingerprint density at radius 2 is 1.88 bits per heavy atom. The third-order valence-corrected chi connectivity index (χ3v) is 3.12.